The molecule has 0 radical (unpaired) electrons. The summed E-state index contributed by atoms with van der Waals surface area (Å²) in [6.45, 7) is 6.09. The Morgan fingerprint density at radius 3 is 2.55 bits per heavy atom. The van der Waals surface area contributed by atoms with Gasteiger partial charge in [0.25, 0.3) is 5.56 Å². The van der Waals surface area contributed by atoms with Gasteiger partial charge < -0.3 is 9.64 Å². The van der Waals surface area contributed by atoms with Crippen molar-refractivity contribution in [2.75, 3.05) is 44.2 Å². The Morgan fingerprint density at radius 2 is 1.82 bits per heavy atom. The van der Waals surface area contributed by atoms with Gasteiger partial charge in [-0.25, -0.2) is 4.98 Å². The van der Waals surface area contributed by atoms with E-state index in [1.807, 2.05) is 11.0 Å². The molecule has 1 aromatic heterocycles. The van der Waals surface area contributed by atoms with Crippen LogP contribution in [-0.2, 0) is 13.2 Å². The third-order valence-corrected chi connectivity index (χ3v) is 6.07. The molecule has 1 saturated heterocycles. The number of benzene rings is 2. The predicted molar refractivity (Wildman–Crippen MR) is 122 cm³/mol. The van der Waals surface area contributed by atoms with E-state index in [2.05, 4.69) is 9.88 Å². The van der Waals surface area contributed by atoms with Crippen LogP contribution in [0.4, 0.5) is 18.9 Å². The summed E-state index contributed by atoms with van der Waals surface area (Å²) in [6.07, 6.45) is -3.52. The van der Waals surface area contributed by atoms with Crippen LogP contribution in [0.1, 0.15) is 17.8 Å². The summed E-state index contributed by atoms with van der Waals surface area (Å²) in [5.74, 6) is 1.30. The lowest BCUT2D eigenvalue weighted by molar-refractivity contribution is -0.137. The van der Waals surface area contributed by atoms with Gasteiger partial charge in [-0.1, -0.05) is 6.07 Å². The Hall–Kier alpha value is -3.07. The van der Waals surface area contributed by atoms with Gasteiger partial charge in [-0.2, -0.15) is 13.2 Å². The average Bonchev–Trinajstić information content (AvgIpc) is 2.81. The maximum Gasteiger partial charge on any atom is 0.416 e. The fourth-order valence-electron chi connectivity index (χ4n) is 4.04. The molecular formula is C24H27F3N4O2. The summed E-state index contributed by atoms with van der Waals surface area (Å²) in [4.78, 5) is 21.1. The molecule has 0 saturated carbocycles. The first kappa shape index (κ1) is 23.1. The summed E-state index contributed by atoms with van der Waals surface area (Å²) in [5.41, 5.74) is 0.556. The highest BCUT2D eigenvalue weighted by molar-refractivity contribution is 5.79. The Bertz CT molecular complexity index is 1180. The van der Waals surface area contributed by atoms with Crippen molar-refractivity contribution < 1.29 is 17.9 Å². The molecule has 2 aromatic carbocycles. The third-order valence-electron chi connectivity index (χ3n) is 6.07. The summed E-state index contributed by atoms with van der Waals surface area (Å²) < 4.78 is 46.3. The number of ether oxygens (including phenoxy) is 1. The molecule has 0 aliphatic carbocycles. The standard InChI is InChI=1S/C24H27F3N4O2/c1-17-28-22-8-7-20(16-21(22)23(32)29(17)2)33-14-4-9-30-10-12-31(13-11-30)19-6-3-5-18(15-19)24(25,26)27/h3,5-8,15-16H,4,9-14H2,1-2H3. The lowest BCUT2D eigenvalue weighted by Crippen LogP contribution is -2.46. The number of rotatable bonds is 6. The Balaban J connectivity index is 1.25. The van der Waals surface area contributed by atoms with E-state index in [1.165, 1.54) is 16.7 Å². The van der Waals surface area contributed by atoms with Crippen LogP contribution >= 0.6 is 0 Å². The number of hydrogen-bond donors (Lipinski definition) is 0. The number of aromatic nitrogens is 2. The number of aryl methyl sites for hydroxylation is 1. The van der Waals surface area contributed by atoms with E-state index in [0.717, 1.165) is 32.1 Å². The number of fused-ring (bicyclic) bond motifs is 1. The van der Waals surface area contributed by atoms with Gasteiger partial charge in [-0.05, 0) is 49.7 Å². The average molecular weight is 461 g/mol. The highest BCUT2D eigenvalue weighted by Gasteiger charge is 2.31. The van der Waals surface area contributed by atoms with E-state index in [-0.39, 0.29) is 5.56 Å². The Morgan fingerprint density at radius 1 is 1.06 bits per heavy atom. The second kappa shape index (κ2) is 9.43. The predicted octanol–water partition coefficient (Wildman–Crippen LogP) is 3.85. The van der Waals surface area contributed by atoms with Crippen LogP contribution in [0.3, 0.4) is 0 Å². The van der Waals surface area contributed by atoms with Gasteiger partial charge in [0.05, 0.1) is 23.1 Å². The SMILES string of the molecule is Cc1nc2ccc(OCCCN3CCN(c4cccc(C(F)(F)F)c4)CC3)cc2c(=O)n1C. The normalized spacial score (nSPS) is 15.2. The summed E-state index contributed by atoms with van der Waals surface area (Å²) in [7, 11) is 1.70. The van der Waals surface area contributed by atoms with Crippen molar-refractivity contribution in [3.8, 4) is 5.75 Å². The molecule has 1 fully saturated rings. The minimum atomic E-state index is -4.33. The van der Waals surface area contributed by atoms with Crippen LogP contribution in [0.2, 0.25) is 0 Å². The highest BCUT2D eigenvalue weighted by atomic mass is 19.4. The van der Waals surface area contributed by atoms with Crippen LogP contribution in [0.5, 0.6) is 5.75 Å². The van der Waals surface area contributed by atoms with E-state index < -0.39 is 11.7 Å². The summed E-state index contributed by atoms with van der Waals surface area (Å²) in [5, 5.41) is 0.534. The Kier molecular flexibility index (Phi) is 6.60. The van der Waals surface area contributed by atoms with Gasteiger partial charge in [0, 0.05) is 45.5 Å². The molecule has 0 unspecified atom stereocenters. The summed E-state index contributed by atoms with van der Waals surface area (Å²) in [6, 6.07) is 10.9. The summed E-state index contributed by atoms with van der Waals surface area (Å²) >= 11 is 0. The first-order valence-electron chi connectivity index (χ1n) is 11.0. The molecule has 0 spiro atoms. The van der Waals surface area contributed by atoms with E-state index >= 15 is 0 Å². The first-order chi connectivity index (χ1) is 15.7. The monoisotopic (exact) mass is 460 g/mol. The molecule has 6 nitrogen and oxygen atoms in total. The lowest BCUT2D eigenvalue weighted by atomic mass is 10.1. The van der Waals surface area contributed by atoms with E-state index in [4.69, 9.17) is 4.74 Å². The zero-order valence-electron chi connectivity index (χ0n) is 18.7. The zero-order valence-corrected chi connectivity index (χ0v) is 18.7. The molecule has 0 atom stereocenters. The van der Waals surface area contributed by atoms with Gasteiger partial charge in [0.1, 0.15) is 11.6 Å². The fourth-order valence-corrected chi connectivity index (χ4v) is 4.04. The molecule has 3 aromatic rings. The second-order valence-corrected chi connectivity index (χ2v) is 8.28. The van der Waals surface area contributed by atoms with Gasteiger partial charge in [-0.3, -0.25) is 14.3 Å². The molecule has 176 valence electrons. The topological polar surface area (TPSA) is 50.6 Å². The van der Waals surface area contributed by atoms with E-state index in [9.17, 15) is 18.0 Å². The van der Waals surface area contributed by atoms with Crippen molar-refractivity contribution in [2.24, 2.45) is 7.05 Å². The van der Waals surface area contributed by atoms with Crippen LogP contribution in [0.15, 0.2) is 47.3 Å². The van der Waals surface area contributed by atoms with Gasteiger partial charge in [0.2, 0.25) is 0 Å². The molecule has 9 heteroatoms. The minimum absolute atomic E-state index is 0.0957. The molecular weight excluding hydrogens is 433 g/mol. The van der Waals surface area contributed by atoms with Crippen molar-refractivity contribution in [1.82, 2.24) is 14.5 Å². The molecule has 2 heterocycles. The molecule has 4 rings (SSSR count). The first-order valence-corrected chi connectivity index (χ1v) is 11.0. The van der Waals surface area contributed by atoms with Gasteiger partial charge in [0.15, 0.2) is 0 Å². The number of anilines is 1. The third kappa shape index (κ3) is 5.30. The van der Waals surface area contributed by atoms with Crippen LogP contribution in [-0.4, -0.2) is 53.8 Å². The number of piperazine rings is 1. The van der Waals surface area contributed by atoms with Crippen LogP contribution < -0.4 is 15.2 Å². The molecule has 1 aliphatic heterocycles. The number of alkyl halides is 3. The van der Waals surface area contributed by atoms with Crippen molar-refractivity contribution >= 4 is 16.6 Å². The lowest BCUT2D eigenvalue weighted by Gasteiger charge is -2.36. The highest BCUT2D eigenvalue weighted by Crippen LogP contribution is 2.31. The second-order valence-electron chi connectivity index (χ2n) is 8.28. The van der Waals surface area contributed by atoms with E-state index in [1.54, 1.807) is 32.2 Å². The van der Waals surface area contributed by atoms with Crippen molar-refractivity contribution in [3.63, 3.8) is 0 Å². The van der Waals surface area contributed by atoms with Crippen LogP contribution in [0.25, 0.3) is 10.9 Å². The van der Waals surface area contributed by atoms with Crippen LogP contribution in [0, 0.1) is 6.92 Å². The molecule has 33 heavy (non-hydrogen) atoms. The Labute approximate surface area is 190 Å². The maximum atomic E-state index is 13.0. The zero-order chi connectivity index (χ0) is 23.6. The molecule has 1 aliphatic rings. The van der Waals surface area contributed by atoms with Crippen molar-refractivity contribution in [3.05, 3.63) is 64.2 Å². The van der Waals surface area contributed by atoms with Crippen molar-refractivity contribution in [2.45, 2.75) is 19.5 Å². The number of hydrogen-bond acceptors (Lipinski definition) is 5. The number of nitrogens with zero attached hydrogens (tertiary/aromatic N) is 4. The molecule has 0 amide bonds. The van der Waals surface area contributed by atoms with E-state index in [0.29, 0.717) is 47.9 Å². The molecule has 0 bridgehead atoms. The number of halogens is 3. The van der Waals surface area contributed by atoms with Gasteiger partial charge >= 0.3 is 6.18 Å². The van der Waals surface area contributed by atoms with Gasteiger partial charge in [-0.15, -0.1) is 0 Å². The quantitative estimate of drug-likeness (QED) is 0.523. The maximum absolute atomic E-state index is 13.0. The van der Waals surface area contributed by atoms with Crippen molar-refractivity contribution in [1.29, 1.82) is 0 Å². The largest absolute Gasteiger partial charge is 0.494 e. The molecule has 0 N–H and O–H groups in total. The fraction of sp³-hybridized carbons (Fsp3) is 0.417. The smallest absolute Gasteiger partial charge is 0.416 e. The minimum Gasteiger partial charge on any atom is -0.494 e.